The minimum atomic E-state index is -0.364. The Morgan fingerprint density at radius 3 is 2.39 bits per heavy atom. The molecule has 0 spiro atoms. The van der Waals surface area contributed by atoms with Crippen LogP contribution >= 0.6 is 23.2 Å². The Labute approximate surface area is 250 Å². The van der Waals surface area contributed by atoms with Gasteiger partial charge in [0.1, 0.15) is 27.4 Å². The summed E-state index contributed by atoms with van der Waals surface area (Å²) in [5.41, 5.74) is 1.01. The van der Waals surface area contributed by atoms with Gasteiger partial charge in [0.25, 0.3) is 0 Å². The van der Waals surface area contributed by atoms with Crippen LogP contribution in [0.5, 0.6) is 11.5 Å². The van der Waals surface area contributed by atoms with Gasteiger partial charge in [-0.1, -0.05) is 55.5 Å². The zero-order valence-electron chi connectivity index (χ0n) is 23.6. The Balaban J connectivity index is 1.41. The highest BCUT2D eigenvalue weighted by Gasteiger charge is 2.38. The number of ether oxygens (including phenoxy) is 2. The van der Waals surface area contributed by atoms with Gasteiger partial charge in [0.05, 0.1) is 26.5 Å². The summed E-state index contributed by atoms with van der Waals surface area (Å²) in [4.78, 5) is 38.1. The van der Waals surface area contributed by atoms with Crippen molar-refractivity contribution in [3.63, 3.8) is 0 Å². The van der Waals surface area contributed by atoms with Crippen molar-refractivity contribution in [2.45, 2.75) is 63.6 Å². The Hall–Kier alpha value is -3.24. The Kier molecular flexibility index (Phi) is 8.79. The molecule has 1 aromatic heterocycles. The number of amides is 3. The molecule has 0 radical (unpaired) electrons. The SMILES string of the molecule is C=CC(=O)NC1CCC(C2CCCC2)CC1Nc1ncc2c(n1)N(C)C(=O)N(c1c(Cl)c(OC)cc(OC)c1Cl)C2. The highest BCUT2D eigenvalue weighted by molar-refractivity contribution is 6.42. The lowest BCUT2D eigenvalue weighted by Gasteiger charge is -2.39. The molecule has 5 rings (SSSR count). The van der Waals surface area contributed by atoms with Gasteiger partial charge in [-0.3, -0.25) is 14.6 Å². The Bertz CT molecular complexity index is 1310. The molecule has 0 saturated heterocycles. The van der Waals surface area contributed by atoms with Crippen LogP contribution in [0.2, 0.25) is 10.0 Å². The van der Waals surface area contributed by atoms with Crippen LogP contribution < -0.4 is 29.9 Å². The van der Waals surface area contributed by atoms with Crippen molar-refractivity contribution in [2.24, 2.45) is 11.8 Å². The smallest absolute Gasteiger partial charge is 0.330 e. The second-order valence-electron chi connectivity index (χ2n) is 10.9. The second kappa shape index (κ2) is 12.3. The normalized spacial score (nSPS) is 22.8. The number of methoxy groups -OCH3 is 2. The van der Waals surface area contributed by atoms with E-state index in [-0.39, 0.29) is 46.3 Å². The third-order valence-electron chi connectivity index (χ3n) is 8.61. The predicted molar refractivity (Wildman–Crippen MR) is 160 cm³/mol. The summed E-state index contributed by atoms with van der Waals surface area (Å²) < 4.78 is 10.8. The molecule has 1 aromatic carbocycles. The number of fused-ring (bicyclic) bond motifs is 1. The molecule has 3 atom stereocenters. The fourth-order valence-corrected chi connectivity index (χ4v) is 7.17. The van der Waals surface area contributed by atoms with Crippen LogP contribution in [0.3, 0.4) is 0 Å². The minimum absolute atomic E-state index is 0.0424. The van der Waals surface area contributed by atoms with Gasteiger partial charge in [-0.2, -0.15) is 4.98 Å². The van der Waals surface area contributed by atoms with Crippen LogP contribution in [-0.2, 0) is 11.3 Å². The third-order valence-corrected chi connectivity index (χ3v) is 9.34. The lowest BCUT2D eigenvalue weighted by atomic mass is 9.75. The predicted octanol–water partition coefficient (Wildman–Crippen LogP) is 5.82. The van der Waals surface area contributed by atoms with Gasteiger partial charge in [-0.15, -0.1) is 0 Å². The van der Waals surface area contributed by atoms with Crippen LogP contribution in [0.4, 0.5) is 22.2 Å². The highest BCUT2D eigenvalue weighted by atomic mass is 35.5. The quantitative estimate of drug-likeness (QED) is 0.366. The number of anilines is 3. The monoisotopic (exact) mass is 602 g/mol. The number of benzene rings is 1. The molecule has 2 N–H and O–H groups in total. The molecule has 2 saturated carbocycles. The molecule has 3 amide bonds. The van der Waals surface area contributed by atoms with Crippen LogP contribution in [0.15, 0.2) is 24.9 Å². The number of rotatable bonds is 8. The summed E-state index contributed by atoms with van der Waals surface area (Å²) in [5.74, 6) is 2.69. The van der Waals surface area contributed by atoms with Crippen molar-refractivity contribution in [2.75, 3.05) is 36.4 Å². The molecule has 220 valence electrons. The molecule has 1 aliphatic heterocycles. The van der Waals surface area contributed by atoms with E-state index in [9.17, 15) is 9.59 Å². The average Bonchev–Trinajstić information content (AvgIpc) is 3.52. The highest BCUT2D eigenvalue weighted by Crippen LogP contribution is 2.48. The number of halogens is 2. The Morgan fingerprint density at radius 2 is 1.76 bits per heavy atom. The van der Waals surface area contributed by atoms with Gasteiger partial charge in [0, 0.05) is 37.0 Å². The molecule has 3 unspecified atom stereocenters. The first-order chi connectivity index (χ1) is 19.7. The van der Waals surface area contributed by atoms with E-state index in [1.54, 1.807) is 19.3 Å². The summed E-state index contributed by atoms with van der Waals surface area (Å²) in [5, 5.41) is 6.98. The lowest BCUT2D eigenvalue weighted by Crippen LogP contribution is -2.51. The van der Waals surface area contributed by atoms with Crippen molar-refractivity contribution in [3.05, 3.63) is 40.5 Å². The van der Waals surface area contributed by atoms with E-state index in [1.165, 1.54) is 55.8 Å². The van der Waals surface area contributed by atoms with Gasteiger partial charge in [-0.25, -0.2) is 9.78 Å². The maximum atomic E-state index is 13.6. The first-order valence-corrected chi connectivity index (χ1v) is 14.7. The van der Waals surface area contributed by atoms with E-state index in [1.807, 2.05) is 0 Å². The van der Waals surface area contributed by atoms with Crippen molar-refractivity contribution in [1.82, 2.24) is 15.3 Å². The van der Waals surface area contributed by atoms with Gasteiger partial charge >= 0.3 is 6.03 Å². The van der Waals surface area contributed by atoms with E-state index in [4.69, 9.17) is 37.7 Å². The molecule has 41 heavy (non-hydrogen) atoms. The summed E-state index contributed by atoms with van der Waals surface area (Å²) in [6.07, 6.45) is 11.0. The van der Waals surface area contributed by atoms with E-state index in [2.05, 4.69) is 22.2 Å². The summed E-state index contributed by atoms with van der Waals surface area (Å²) in [7, 11) is 4.61. The standard InChI is InChI=1S/C29H36Cl2N6O4/c1-5-23(38)33-19-11-10-17(16-8-6-7-9-16)12-20(19)34-28-32-14-18-15-37(29(39)36(2)27(18)35-28)26-24(30)21(40-3)13-22(41-4)25(26)31/h5,13-14,16-17,19-20H,1,6-12,15H2,2-4H3,(H,33,38)(H,32,34,35). The van der Waals surface area contributed by atoms with E-state index in [0.29, 0.717) is 29.2 Å². The maximum absolute atomic E-state index is 13.6. The number of urea groups is 1. The van der Waals surface area contributed by atoms with Gasteiger partial charge in [0.15, 0.2) is 0 Å². The summed E-state index contributed by atoms with van der Waals surface area (Å²) in [6.45, 7) is 3.76. The zero-order valence-corrected chi connectivity index (χ0v) is 25.1. The second-order valence-corrected chi connectivity index (χ2v) is 11.7. The topological polar surface area (TPSA) is 109 Å². The van der Waals surface area contributed by atoms with Crippen LogP contribution in [0, 0.1) is 11.8 Å². The van der Waals surface area contributed by atoms with Crippen molar-refractivity contribution in [1.29, 1.82) is 0 Å². The first-order valence-electron chi connectivity index (χ1n) is 14.0. The van der Waals surface area contributed by atoms with Crippen molar-refractivity contribution >= 4 is 52.6 Å². The Morgan fingerprint density at radius 1 is 1.07 bits per heavy atom. The van der Waals surface area contributed by atoms with Gasteiger partial charge in [0.2, 0.25) is 11.9 Å². The van der Waals surface area contributed by atoms with E-state index < -0.39 is 0 Å². The van der Waals surface area contributed by atoms with E-state index >= 15 is 0 Å². The molecule has 2 heterocycles. The molecule has 3 aliphatic rings. The molecular formula is C29H36Cl2N6O4. The number of nitrogens with one attached hydrogen (secondary N) is 2. The van der Waals surface area contributed by atoms with Crippen molar-refractivity contribution in [3.8, 4) is 11.5 Å². The van der Waals surface area contributed by atoms with Crippen LogP contribution in [-0.4, -0.2) is 55.3 Å². The molecule has 12 heteroatoms. The van der Waals surface area contributed by atoms with Crippen molar-refractivity contribution < 1.29 is 19.1 Å². The lowest BCUT2D eigenvalue weighted by molar-refractivity contribution is -0.117. The van der Waals surface area contributed by atoms with E-state index in [0.717, 1.165) is 30.7 Å². The first kappa shape index (κ1) is 29.3. The number of aromatic nitrogens is 2. The summed E-state index contributed by atoms with van der Waals surface area (Å²) in [6, 6.07) is 1.10. The van der Waals surface area contributed by atoms with Gasteiger partial charge < -0.3 is 20.1 Å². The number of hydrogen-bond acceptors (Lipinski definition) is 7. The number of nitrogens with zero attached hydrogens (tertiary/aromatic N) is 4. The van der Waals surface area contributed by atoms with Crippen LogP contribution in [0.1, 0.15) is 50.5 Å². The third kappa shape index (κ3) is 5.77. The van der Waals surface area contributed by atoms with Gasteiger partial charge in [-0.05, 0) is 37.2 Å². The number of carbonyl (C=O) groups excluding carboxylic acids is 2. The fraction of sp³-hybridized carbons (Fsp3) is 0.517. The molecule has 10 nitrogen and oxygen atoms in total. The minimum Gasteiger partial charge on any atom is -0.495 e. The molecule has 2 aliphatic carbocycles. The fourth-order valence-electron chi connectivity index (χ4n) is 6.46. The zero-order chi connectivity index (χ0) is 29.3. The average molecular weight is 604 g/mol. The van der Waals surface area contributed by atoms with Crippen LogP contribution in [0.25, 0.3) is 0 Å². The molecular weight excluding hydrogens is 567 g/mol. The number of hydrogen-bond donors (Lipinski definition) is 2. The summed E-state index contributed by atoms with van der Waals surface area (Å²) >= 11 is 13.2. The largest absolute Gasteiger partial charge is 0.495 e. The molecule has 2 aromatic rings. The maximum Gasteiger partial charge on any atom is 0.330 e. The number of carbonyl (C=O) groups is 2. The molecule has 2 fully saturated rings. The molecule has 0 bridgehead atoms.